The Hall–Kier alpha value is -1.51. The van der Waals surface area contributed by atoms with Crippen LogP contribution < -0.4 is 0 Å². The van der Waals surface area contributed by atoms with Crippen molar-refractivity contribution >= 4 is 17.9 Å². The van der Waals surface area contributed by atoms with Crippen LogP contribution in [-0.2, 0) is 14.4 Å². The van der Waals surface area contributed by atoms with Crippen LogP contribution in [0.2, 0.25) is 0 Å². The minimum atomic E-state index is -0.527. The van der Waals surface area contributed by atoms with Crippen LogP contribution in [0.4, 0.5) is 0 Å². The molecule has 0 heterocycles. The lowest BCUT2D eigenvalue weighted by atomic mass is 9.82. The Kier molecular flexibility index (Phi) is 3.51. The predicted molar refractivity (Wildman–Crippen MR) is 51.6 cm³/mol. The van der Waals surface area contributed by atoms with Crippen molar-refractivity contribution < 1.29 is 14.4 Å². The van der Waals surface area contributed by atoms with Crippen molar-refractivity contribution in [2.24, 2.45) is 11.8 Å². The topological polar surface area (TPSA) is 51.2 Å². The number of hydrogen-bond donors (Lipinski definition) is 0. The van der Waals surface area contributed by atoms with Gasteiger partial charge in [0.1, 0.15) is 6.29 Å². The molecule has 14 heavy (non-hydrogen) atoms. The fraction of sp³-hybridized carbons (Fsp3) is 0.364. The fourth-order valence-corrected chi connectivity index (χ4v) is 1.51. The van der Waals surface area contributed by atoms with E-state index in [0.29, 0.717) is 12.7 Å². The largest absolute Gasteiger partial charge is 0.299 e. The summed E-state index contributed by atoms with van der Waals surface area (Å²) >= 11 is 0. The molecule has 2 unspecified atom stereocenters. The number of allylic oxidation sites excluding steroid dienone is 4. The number of rotatable bonds is 3. The van der Waals surface area contributed by atoms with Crippen molar-refractivity contribution in [1.82, 2.24) is 0 Å². The van der Waals surface area contributed by atoms with Crippen molar-refractivity contribution in [2.75, 3.05) is 0 Å². The van der Waals surface area contributed by atoms with E-state index in [1.807, 2.05) is 0 Å². The van der Waals surface area contributed by atoms with Gasteiger partial charge in [-0.2, -0.15) is 0 Å². The zero-order valence-corrected chi connectivity index (χ0v) is 7.97. The summed E-state index contributed by atoms with van der Waals surface area (Å²) < 4.78 is 0. The number of Topliss-reactive ketones (excluding diaryl/α,β-unsaturated/α-hetero) is 1. The summed E-state index contributed by atoms with van der Waals surface area (Å²) in [7, 11) is 0. The zero-order chi connectivity index (χ0) is 10.6. The summed E-state index contributed by atoms with van der Waals surface area (Å²) in [4.78, 5) is 33.0. The van der Waals surface area contributed by atoms with Crippen LogP contribution in [0.5, 0.6) is 0 Å². The maximum absolute atomic E-state index is 11.6. The lowest BCUT2D eigenvalue weighted by Gasteiger charge is -2.18. The van der Waals surface area contributed by atoms with Gasteiger partial charge in [0.15, 0.2) is 11.6 Å². The van der Waals surface area contributed by atoms with E-state index < -0.39 is 11.8 Å². The van der Waals surface area contributed by atoms with E-state index in [-0.39, 0.29) is 11.6 Å². The van der Waals surface area contributed by atoms with Crippen molar-refractivity contribution in [2.45, 2.75) is 13.3 Å². The molecule has 0 aromatic heterocycles. The second-order valence-corrected chi connectivity index (χ2v) is 3.17. The molecule has 1 rings (SSSR count). The number of carbonyl (C=O) groups is 3. The predicted octanol–water partition coefficient (Wildman–Crippen LogP) is 1.09. The van der Waals surface area contributed by atoms with Crippen molar-refractivity contribution in [1.29, 1.82) is 0 Å². The molecular formula is C11H12O3. The van der Waals surface area contributed by atoms with Crippen LogP contribution in [0.3, 0.4) is 0 Å². The third kappa shape index (κ3) is 2.05. The first-order valence-corrected chi connectivity index (χ1v) is 4.58. The van der Waals surface area contributed by atoms with Crippen LogP contribution in [0, 0.1) is 11.8 Å². The van der Waals surface area contributed by atoms with E-state index in [1.165, 1.54) is 24.3 Å². The highest BCUT2D eigenvalue weighted by molar-refractivity contribution is 6.11. The highest BCUT2D eigenvalue weighted by Crippen LogP contribution is 2.20. The van der Waals surface area contributed by atoms with Crippen molar-refractivity contribution in [3.8, 4) is 0 Å². The van der Waals surface area contributed by atoms with Gasteiger partial charge in [-0.3, -0.25) is 14.4 Å². The normalized spacial score (nSPS) is 27.2. The number of ketones is 2. The Morgan fingerprint density at radius 3 is 2.71 bits per heavy atom. The first-order valence-electron chi connectivity index (χ1n) is 4.58. The molecule has 3 heteroatoms. The number of carbonyl (C=O) groups excluding carboxylic acids is 3. The monoisotopic (exact) mass is 192 g/mol. The van der Waals surface area contributed by atoms with E-state index in [2.05, 4.69) is 0 Å². The Morgan fingerprint density at radius 2 is 2.14 bits per heavy atom. The molecular weight excluding hydrogens is 180 g/mol. The Balaban J connectivity index is 2.86. The van der Waals surface area contributed by atoms with E-state index >= 15 is 0 Å². The minimum absolute atomic E-state index is 0.113. The fourth-order valence-electron chi connectivity index (χ4n) is 1.51. The van der Waals surface area contributed by atoms with Gasteiger partial charge in [0.05, 0.1) is 11.8 Å². The molecule has 0 fully saturated rings. The van der Waals surface area contributed by atoms with Gasteiger partial charge in [-0.1, -0.05) is 19.1 Å². The van der Waals surface area contributed by atoms with E-state index in [4.69, 9.17) is 0 Å². The lowest BCUT2D eigenvalue weighted by Crippen LogP contribution is -2.30. The maximum atomic E-state index is 11.6. The SMILES string of the molecule is CCC1C(=O)C=CC(C=CC=O)C1=O. The molecule has 2 atom stereocenters. The smallest absolute Gasteiger partial charge is 0.165 e. The van der Waals surface area contributed by atoms with Crippen LogP contribution >= 0.6 is 0 Å². The van der Waals surface area contributed by atoms with Gasteiger partial charge < -0.3 is 0 Å². The molecule has 1 aliphatic rings. The summed E-state index contributed by atoms with van der Waals surface area (Å²) in [5.74, 6) is -1.18. The van der Waals surface area contributed by atoms with Gasteiger partial charge in [-0.15, -0.1) is 0 Å². The van der Waals surface area contributed by atoms with E-state index in [1.54, 1.807) is 6.92 Å². The Morgan fingerprint density at radius 1 is 1.43 bits per heavy atom. The molecule has 0 spiro atoms. The maximum Gasteiger partial charge on any atom is 0.165 e. The minimum Gasteiger partial charge on any atom is -0.299 e. The highest BCUT2D eigenvalue weighted by Gasteiger charge is 2.30. The summed E-state index contributed by atoms with van der Waals surface area (Å²) in [6, 6.07) is 0. The average Bonchev–Trinajstić information content (AvgIpc) is 2.18. The van der Waals surface area contributed by atoms with E-state index in [0.717, 1.165) is 0 Å². The van der Waals surface area contributed by atoms with Crippen LogP contribution in [0.25, 0.3) is 0 Å². The van der Waals surface area contributed by atoms with Crippen molar-refractivity contribution in [3.63, 3.8) is 0 Å². The highest BCUT2D eigenvalue weighted by atomic mass is 16.2. The summed E-state index contributed by atoms with van der Waals surface area (Å²) in [5.41, 5.74) is 0. The molecule has 0 bridgehead atoms. The summed E-state index contributed by atoms with van der Waals surface area (Å²) in [6.45, 7) is 1.81. The van der Waals surface area contributed by atoms with Crippen molar-refractivity contribution in [3.05, 3.63) is 24.3 Å². The first kappa shape index (κ1) is 10.6. The molecule has 0 N–H and O–H groups in total. The quantitative estimate of drug-likeness (QED) is 0.382. The van der Waals surface area contributed by atoms with Gasteiger partial charge in [0, 0.05) is 0 Å². The molecule has 0 aromatic carbocycles. The van der Waals surface area contributed by atoms with Gasteiger partial charge in [0.2, 0.25) is 0 Å². The lowest BCUT2D eigenvalue weighted by molar-refractivity contribution is -0.132. The summed E-state index contributed by atoms with van der Waals surface area (Å²) in [6.07, 6.45) is 6.91. The second-order valence-electron chi connectivity index (χ2n) is 3.17. The van der Waals surface area contributed by atoms with Gasteiger partial charge in [-0.25, -0.2) is 0 Å². The summed E-state index contributed by atoms with van der Waals surface area (Å²) in [5, 5.41) is 0. The molecule has 1 aliphatic carbocycles. The molecule has 0 saturated carbocycles. The average molecular weight is 192 g/mol. The molecule has 74 valence electrons. The Labute approximate surface area is 82.5 Å². The zero-order valence-electron chi connectivity index (χ0n) is 7.97. The third-order valence-electron chi connectivity index (χ3n) is 2.29. The molecule has 0 radical (unpaired) electrons. The number of hydrogen-bond acceptors (Lipinski definition) is 3. The molecule has 3 nitrogen and oxygen atoms in total. The van der Waals surface area contributed by atoms with E-state index in [9.17, 15) is 14.4 Å². The number of aldehydes is 1. The van der Waals surface area contributed by atoms with Gasteiger partial charge >= 0.3 is 0 Å². The van der Waals surface area contributed by atoms with Crippen LogP contribution in [0.15, 0.2) is 24.3 Å². The molecule has 0 amide bonds. The molecule has 0 aromatic rings. The first-order chi connectivity index (χ1) is 6.70. The van der Waals surface area contributed by atoms with Crippen LogP contribution in [-0.4, -0.2) is 17.9 Å². The molecule has 0 aliphatic heterocycles. The molecule has 0 saturated heterocycles. The van der Waals surface area contributed by atoms with Gasteiger partial charge in [0.25, 0.3) is 0 Å². The Bertz CT molecular complexity index is 312. The standard InChI is InChI=1S/C11H12O3/c1-2-9-10(13)6-5-8(11(9)14)4-3-7-12/h3-9H,2H2,1H3. The van der Waals surface area contributed by atoms with Crippen LogP contribution in [0.1, 0.15) is 13.3 Å². The van der Waals surface area contributed by atoms with Gasteiger partial charge in [-0.05, 0) is 18.6 Å². The second kappa shape index (κ2) is 4.65. The third-order valence-corrected chi connectivity index (χ3v) is 2.29.